The van der Waals surface area contributed by atoms with Crippen molar-refractivity contribution in [2.24, 2.45) is 5.16 Å². The third-order valence-electron chi connectivity index (χ3n) is 4.53. The predicted octanol–water partition coefficient (Wildman–Crippen LogP) is 6.73. The molecule has 1 heterocycles. The van der Waals surface area contributed by atoms with Crippen LogP contribution in [0.4, 0.5) is 11.5 Å². The summed E-state index contributed by atoms with van der Waals surface area (Å²) in [6.45, 7) is 2.29. The molecular formula is C23H18BrClN4O. The molecule has 1 N–H and O–H groups in total. The third-order valence-corrected chi connectivity index (χ3v) is 5.47. The molecule has 30 heavy (non-hydrogen) atoms. The molecule has 7 heteroatoms. The Kier molecular flexibility index (Phi) is 6.26. The van der Waals surface area contributed by atoms with Crippen molar-refractivity contribution in [3.63, 3.8) is 0 Å². The molecule has 0 aliphatic heterocycles. The lowest BCUT2D eigenvalue weighted by Crippen LogP contribution is -2.01. The molecule has 0 spiro atoms. The highest BCUT2D eigenvalue weighted by Crippen LogP contribution is 2.29. The number of nitrogens with one attached hydrogen (secondary N) is 1. The lowest BCUT2D eigenvalue weighted by atomic mass is 10.1. The smallest absolute Gasteiger partial charge is 0.142 e. The van der Waals surface area contributed by atoms with Gasteiger partial charge < -0.3 is 10.2 Å². The van der Waals surface area contributed by atoms with Gasteiger partial charge in [-0.1, -0.05) is 47.1 Å². The van der Waals surface area contributed by atoms with Crippen LogP contribution >= 0.6 is 27.5 Å². The molecule has 0 bridgehead atoms. The summed E-state index contributed by atoms with van der Waals surface area (Å²) >= 11 is 9.51. The summed E-state index contributed by atoms with van der Waals surface area (Å²) in [4.78, 5) is 14.2. The molecule has 0 fully saturated rings. The van der Waals surface area contributed by atoms with E-state index in [4.69, 9.17) is 16.4 Å². The van der Waals surface area contributed by atoms with E-state index in [2.05, 4.69) is 36.4 Å². The Bertz CT molecular complexity index is 1210. The normalized spacial score (nSPS) is 11.5. The van der Waals surface area contributed by atoms with E-state index in [9.17, 15) is 0 Å². The lowest BCUT2D eigenvalue weighted by molar-refractivity contribution is 0.130. The quantitative estimate of drug-likeness (QED) is 0.245. The molecule has 0 amide bonds. The van der Waals surface area contributed by atoms with Crippen molar-refractivity contribution >= 4 is 55.7 Å². The van der Waals surface area contributed by atoms with E-state index in [0.717, 1.165) is 43.7 Å². The molecule has 5 nitrogen and oxygen atoms in total. The molecule has 0 aliphatic carbocycles. The topological polar surface area (TPSA) is 59.4 Å². The van der Waals surface area contributed by atoms with E-state index in [1.165, 1.54) is 0 Å². The first kappa shape index (κ1) is 20.3. The van der Waals surface area contributed by atoms with Crippen LogP contribution in [0.25, 0.3) is 10.9 Å². The number of aromatic nitrogens is 2. The number of fused-ring (bicyclic) bond motifs is 1. The number of nitrogens with zero attached hydrogens (tertiary/aromatic N) is 3. The molecule has 0 aliphatic rings. The van der Waals surface area contributed by atoms with Gasteiger partial charge in [-0.05, 0) is 64.8 Å². The second kappa shape index (κ2) is 9.24. The molecule has 0 radical (unpaired) electrons. The number of halogens is 2. The average molecular weight is 482 g/mol. The van der Waals surface area contributed by atoms with Crippen molar-refractivity contribution in [1.29, 1.82) is 0 Å². The predicted molar refractivity (Wildman–Crippen MR) is 125 cm³/mol. The molecule has 0 saturated heterocycles. The summed E-state index contributed by atoms with van der Waals surface area (Å²) in [6, 6.07) is 21.3. The van der Waals surface area contributed by atoms with Gasteiger partial charge in [-0.3, -0.25) is 0 Å². The van der Waals surface area contributed by atoms with E-state index in [0.29, 0.717) is 11.6 Å². The summed E-state index contributed by atoms with van der Waals surface area (Å²) in [5.74, 6) is 0.743. The molecule has 0 unspecified atom stereocenters. The lowest BCUT2D eigenvalue weighted by Gasteiger charge is -2.12. The van der Waals surface area contributed by atoms with Crippen LogP contribution in [0.15, 0.2) is 82.7 Å². The second-order valence-corrected chi connectivity index (χ2v) is 7.93. The van der Waals surface area contributed by atoms with Crippen LogP contribution in [0.3, 0.4) is 0 Å². The number of para-hydroxylation sites is 1. The van der Waals surface area contributed by atoms with Crippen molar-refractivity contribution in [3.8, 4) is 0 Å². The molecular weight excluding hydrogens is 464 g/mol. The van der Waals surface area contributed by atoms with Crippen molar-refractivity contribution in [3.05, 3.63) is 93.7 Å². The Hall–Kier alpha value is -2.96. The van der Waals surface area contributed by atoms with Gasteiger partial charge in [-0.2, -0.15) is 0 Å². The fraction of sp³-hybridized carbons (Fsp3) is 0.0870. The first-order valence-electron chi connectivity index (χ1n) is 9.28. The number of oxime groups is 1. The van der Waals surface area contributed by atoms with Crippen LogP contribution in [0.5, 0.6) is 0 Å². The molecule has 4 rings (SSSR count). The third kappa shape index (κ3) is 4.78. The Morgan fingerprint density at radius 2 is 1.87 bits per heavy atom. The van der Waals surface area contributed by atoms with Crippen LogP contribution in [-0.2, 0) is 11.4 Å². The van der Waals surface area contributed by atoms with E-state index in [1.54, 1.807) is 6.33 Å². The highest BCUT2D eigenvalue weighted by molar-refractivity contribution is 9.10. The number of hydrogen-bond acceptors (Lipinski definition) is 5. The van der Waals surface area contributed by atoms with Crippen LogP contribution in [0.1, 0.15) is 18.1 Å². The number of benzene rings is 3. The van der Waals surface area contributed by atoms with Crippen LogP contribution in [-0.4, -0.2) is 15.7 Å². The minimum absolute atomic E-state index is 0.378. The Balaban J connectivity index is 1.53. The standard InChI is InChI=1S/C23H18BrClN4O/c1-15(29-30-13-16-6-9-18(25)10-7-16)17-8-11-20(24)22(12-17)28-23-19-4-2-3-5-21(19)26-14-27-23/h2-12,14H,13H2,1H3,(H,26,27,28)/b29-15+. The SMILES string of the molecule is C/C(=N\OCc1ccc(Cl)cc1)c1ccc(Br)c(Nc2ncnc3ccccc23)c1. The zero-order valence-corrected chi connectivity index (χ0v) is 18.5. The van der Waals surface area contributed by atoms with Gasteiger partial charge in [0.05, 0.1) is 16.9 Å². The second-order valence-electron chi connectivity index (χ2n) is 6.64. The van der Waals surface area contributed by atoms with Gasteiger partial charge in [0.15, 0.2) is 0 Å². The number of anilines is 2. The fourth-order valence-electron chi connectivity index (χ4n) is 2.92. The molecule has 4 aromatic rings. The van der Waals surface area contributed by atoms with Gasteiger partial charge >= 0.3 is 0 Å². The van der Waals surface area contributed by atoms with Gasteiger partial charge in [0.2, 0.25) is 0 Å². The number of hydrogen-bond donors (Lipinski definition) is 1. The van der Waals surface area contributed by atoms with Gasteiger partial charge in [-0.15, -0.1) is 0 Å². The Morgan fingerprint density at radius 3 is 2.70 bits per heavy atom. The monoisotopic (exact) mass is 480 g/mol. The highest BCUT2D eigenvalue weighted by Gasteiger charge is 2.08. The van der Waals surface area contributed by atoms with E-state index >= 15 is 0 Å². The molecule has 1 aromatic heterocycles. The summed E-state index contributed by atoms with van der Waals surface area (Å²) in [5.41, 5.74) is 4.48. The molecule has 3 aromatic carbocycles. The van der Waals surface area contributed by atoms with Gasteiger partial charge in [0, 0.05) is 20.4 Å². The van der Waals surface area contributed by atoms with Gasteiger partial charge in [0.1, 0.15) is 18.8 Å². The van der Waals surface area contributed by atoms with Crippen molar-refractivity contribution in [2.75, 3.05) is 5.32 Å². The van der Waals surface area contributed by atoms with Crippen LogP contribution in [0, 0.1) is 0 Å². The molecule has 0 atom stereocenters. The zero-order chi connectivity index (χ0) is 20.9. The Labute approximate surface area is 187 Å². The summed E-state index contributed by atoms with van der Waals surface area (Å²) < 4.78 is 0.920. The van der Waals surface area contributed by atoms with Crippen LogP contribution in [0.2, 0.25) is 5.02 Å². The summed E-state index contributed by atoms with van der Waals surface area (Å²) in [7, 11) is 0. The van der Waals surface area contributed by atoms with Gasteiger partial charge in [-0.25, -0.2) is 9.97 Å². The fourth-order valence-corrected chi connectivity index (χ4v) is 3.39. The molecule has 150 valence electrons. The van der Waals surface area contributed by atoms with Crippen LogP contribution < -0.4 is 5.32 Å². The summed E-state index contributed by atoms with van der Waals surface area (Å²) in [6.07, 6.45) is 1.56. The molecule has 0 saturated carbocycles. The Morgan fingerprint density at radius 1 is 1.07 bits per heavy atom. The maximum atomic E-state index is 5.91. The van der Waals surface area contributed by atoms with Crippen molar-refractivity contribution in [2.45, 2.75) is 13.5 Å². The average Bonchev–Trinajstić information content (AvgIpc) is 2.77. The van der Waals surface area contributed by atoms with E-state index in [-0.39, 0.29) is 0 Å². The first-order chi connectivity index (χ1) is 14.6. The van der Waals surface area contributed by atoms with Crippen molar-refractivity contribution < 1.29 is 4.84 Å². The maximum Gasteiger partial charge on any atom is 0.142 e. The highest BCUT2D eigenvalue weighted by atomic mass is 79.9. The summed E-state index contributed by atoms with van der Waals surface area (Å²) in [5, 5.41) is 9.30. The van der Waals surface area contributed by atoms with E-state index in [1.807, 2.05) is 73.7 Å². The number of rotatable bonds is 6. The minimum atomic E-state index is 0.378. The largest absolute Gasteiger partial charge is 0.391 e. The van der Waals surface area contributed by atoms with Crippen molar-refractivity contribution in [1.82, 2.24) is 9.97 Å². The first-order valence-corrected chi connectivity index (χ1v) is 10.4. The van der Waals surface area contributed by atoms with Gasteiger partial charge in [0.25, 0.3) is 0 Å². The minimum Gasteiger partial charge on any atom is -0.391 e. The maximum absolute atomic E-state index is 5.91. The zero-order valence-electron chi connectivity index (χ0n) is 16.1. The van der Waals surface area contributed by atoms with E-state index < -0.39 is 0 Å².